The van der Waals surface area contributed by atoms with Crippen molar-refractivity contribution in [1.82, 2.24) is 10.3 Å². The van der Waals surface area contributed by atoms with E-state index < -0.39 is 0 Å². The number of nitrogens with zero attached hydrogens (tertiary/aromatic N) is 1. The Morgan fingerprint density at radius 2 is 1.95 bits per heavy atom. The van der Waals surface area contributed by atoms with Gasteiger partial charge in [-0.25, -0.2) is 4.98 Å². The Morgan fingerprint density at radius 1 is 1.19 bits per heavy atom. The molecule has 108 valence electrons. The van der Waals surface area contributed by atoms with Crippen molar-refractivity contribution >= 4 is 33.4 Å². The van der Waals surface area contributed by atoms with Crippen molar-refractivity contribution in [3.63, 3.8) is 0 Å². The molecule has 1 aromatic heterocycles. The number of carbonyl (C=O) groups is 2. The minimum absolute atomic E-state index is 0.115. The first-order valence-electron chi connectivity index (χ1n) is 6.32. The molecular weight excluding hydrogens is 334 g/mol. The predicted molar refractivity (Wildman–Crippen MR) is 84.1 cm³/mol. The Labute approximate surface area is 130 Å². The molecule has 0 atom stereocenters. The first-order chi connectivity index (χ1) is 10.1. The lowest BCUT2D eigenvalue weighted by Gasteiger charge is -2.10. The van der Waals surface area contributed by atoms with Gasteiger partial charge in [0.2, 0.25) is 5.91 Å². The monoisotopic (exact) mass is 347 g/mol. The van der Waals surface area contributed by atoms with Crippen LogP contribution in [0.5, 0.6) is 0 Å². The van der Waals surface area contributed by atoms with Crippen LogP contribution < -0.4 is 10.6 Å². The summed E-state index contributed by atoms with van der Waals surface area (Å²) in [7, 11) is 1.58. The van der Waals surface area contributed by atoms with Crippen molar-refractivity contribution in [2.24, 2.45) is 0 Å². The van der Waals surface area contributed by atoms with Crippen LogP contribution >= 0.6 is 15.9 Å². The number of hydrogen-bond acceptors (Lipinski definition) is 3. The minimum Gasteiger partial charge on any atom is -0.359 e. The normalized spacial score (nSPS) is 10.0. The summed E-state index contributed by atoms with van der Waals surface area (Å²) in [5.41, 5.74) is 1.65. The lowest BCUT2D eigenvalue weighted by molar-refractivity contribution is -0.119. The van der Waals surface area contributed by atoms with Gasteiger partial charge in [-0.3, -0.25) is 9.59 Å². The van der Waals surface area contributed by atoms with Gasteiger partial charge in [0.25, 0.3) is 5.91 Å². The third kappa shape index (κ3) is 3.88. The number of hydrogen-bond donors (Lipinski definition) is 2. The van der Waals surface area contributed by atoms with Crippen LogP contribution in [0.25, 0.3) is 0 Å². The molecule has 0 aliphatic rings. The van der Waals surface area contributed by atoms with Crippen molar-refractivity contribution in [2.75, 3.05) is 12.4 Å². The number of rotatable bonds is 4. The number of benzene rings is 1. The fourth-order valence-electron chi connectivity index (χ4n) is 1.79. The fourth-order valence-corrected chi connectivity index (χ4v) is 2.23. The van der Waals surface area contributed by atoms with Crippen molar-refractivity contribution in [3.05, 3.63) is 58.3 Å². The summed E-state index contributed by atoms with van der Waals surface area (Å²) in [6.07, 6.45) is 1.76. The summed E-state index contributed by atoms with van der Waals surface area (Å²) in [6.45, 7) is 0. The quantitative estimate of drug-likeness (QED) is 0.891. The Morgan fingerprint density at radius 3 is 2.67 bits per heavy atom. The highest BCUT2D eigenvalue weighted by atomic mass is 79.9. The molecule has 6 heteroatoms. The van der Waals surface area contributed by atoms with Crippen LogP contribution in [0.2, 0.25) is 0 Å². The maximum atomic E-state index is 12.2. The summed E-state index contributed by atoms with van der Waals surface area (Å²) in [5.74, 6) is -0.442. The molecule has 0 saturated carbocycles. The smallest absolute Gasteiger partial charge is 0.275 e. The molecule has 0 aliphatic heterocycles. The van der Waals surface area contributed by atoms with Gasteiger partial charge < -0.3 is 10.6 Å². The van der Waals surface area contributed by atoms with E-state index in [1.807, 2.05) is 6.07 Å². The van der Waals surface area contributed by atoms with Gasteiger partial charge in [-0.15, -0.1) is 0 Å². The first-order valence-corrected chi connectivity index (χ1v) is 7.11. The Kier molecular flexibility index (Phi) is 5.05. The van der Waals surface area contributed by atoms with E-state index in [-0.39, 0.29) is 18.2 Å². The van der Waals surface area contributed by atoms with Gasteiger partial charge in [0, 0.05) is 23.4 Å². The van der Waals surface area contributed by atoms with Crippen molar-refractivity contribution < 1.29 is 9.59 Å². The first kappa shape index (κ1) is 15.2. The zero-order chi connectivity index (χ0) is 15.2. The van der Waals surface area contributed by atoms with Crippen LogP contribution in [-0.2, 0) is 11.2 Å². The molecule has 0 radical (unpaired) electrons. The second-order valence-corrected chi connectivity index (χ2v) is 5.15. The van der Waals surface area contributed by atoms with Crippen LogP contribution in [0.1, 0.15) is 16.1 Å². The van der Waals surface area contributed by atoms with Gasteiger partial charge in [0.1, 0.15) is 5.69 Å². The maximum Gasteiger partial charge on any atom is 0.275 e. The number of aromatic nitrogens is 1. The van der Waals surface area contributed by atoms with E-state index in [1.54, 1.807) is 43.6 Å². The summed E-state index contributed by atoms with van der Waals surface area (Å²) in [6, 6.07) is 10.7. The average molecular weight is 348 g/mol. The van der Waals surface area contributed by atoms with Gasteiger partial charge >= 0.3 is 0 Å². The van der Waals surface area contributed by atoms with Crippen LogP contribution in [0.4, 0.5) is 5.69 Å². The molecule has 0 fully saturated rings. The van der Waals surface area contributed by atoms with E-state index in [0.29, 0.717) is 15.9 Å². The largest absolute Gasteiger partial charge is 0.359 e. The zero-order valence-electron chi connectivity index (χ0n) is 11.4. The third-order valence-electron chi connectivity index (χ3n) is 2.87. The highest BCUT2D eigenvalue weighted by Crippen LogP contribution is 2.19. The van der Waals surface area contributed by atoms with Gasteiger partial charge in [0.05, 0.1) is 6.42 Å². The zero-order valence-corrected chi connectivity index (χ0v) is 13.0. The number of likely N-dealkylation sites (N-methyl/N-ethyl adjacent to an activating group) is 1. The standard InChI is InChI=1S/C15H14BrN3O2/c1-17-13(20)9-10-5-2-3-7-12(10)19-15(21)14-11(16)6-4-8-18-14/h2-8H,9H2,1H3,(H,17,20)(H,19,21). The molecule has 1 aromatic carbocycles. The average Bonchev–Trinajstić information content (AvgIpc) is 2.49. The molecule has 0 unspecified atom stereocenters. The maximum absolute atomic E-state index is 12.2. The van der Waals surface area contributed by atoms with Crippen LogP contribution in [0.3, 0.4) is 0 Å². The Balaban J connectivity index is 2.22. The molecule has 2 N–H and O–H groups in total. The van der Waals surface area contributed by atoms with Crippen molar-refractivity contribution in [3.8, 4) is 0 Å². The summed E-state index contributed by atoms with van der Waals surface area (Å²) < 4.78 is 0.617. The number of anilines is 1. The molecule has 0 aliphatic carbocycles. The molecule has 2 rings (SSSR count). The molecule has 1 heterocycles. The van der Waals surface area contributed by atoms with Gasteiger partial charge in [-0.1, -0.05) is 18.2 Å². The molecule has 2 amide bonds. The van der Waals surface area contributed by atoms with Gasteiger partial charge in [-0.05, 0) is 39.7 Å². The molecule has 2 aromatic rings. The second-order valence-electron chi connectivity index (χ2n) is 4.30. The Hall–Kier alpha value is -2.21. The van der Waals surface area contributed by atoms with Crippen LogP contribution in [-0.4, -0.2) is 23.8 Å². The molecule has 0 saturated heterocycles. The van der Waals surface area contributed by atoms with E-state index >= 15 is 0 Å². The van der Waals surface area contributed by atoms with Crippen LogP contribution in [0.15, 0.2) is 47.1 Å². The Bertz CT molecular complexity index is 673. The summed E-state index contributed by atoms with van der Waals surface area (Å²) >= 11 is 3.29. The van der Waals surface area contributed by atoms with Gasteiger partial charge in [-0.2, -0.15) is 0 Å². The molecule has 0 spiro atoms. The summed E-state index contributed by atoms with van der Waals surface area (Å²) in [4.78, 5) is 27.8. The minimum atomic E-state index is -0.327. The number of para-hydroxylation sites is 1. The lowest BCUT2D eigenvalue weighted by atomic mass is 10.1. The number of halogens is 1. The van der Waals surface area contributed by atoms with Crippen molar-refractivity contribution in [1.29, 1.82) is 0 Å². The predicted octanol–water partition coefficient (Wildman–Crippen LogP) is 2.38. The SMILES string of the molecule is CNC(=O)Cc1ccccc1NC(=O)c1ncccc1Br. The van der Waals surface area contributed by atoms with E-state index in [2.05, 4.69) is 31.5 Å². The number of nitrogens with one attached hydrogen (secondary N) is 2. The molecule has 21 heavy (non-hydrogen) atoms. The van der Waals surface area contributed by atoms with E-state index in [9.17, 15) is 9.59 Å². The molecule has 0 bridgehead atoms. The second kappa shape index (κ2) is 6.99. The lowest BCUT2D eigenvalue weighted by Crippen LogP contribution is -2.21. The number of carbonyl (C=O) groups excluding carboxylic acids is 2. The third-order valence-corrected chi connectivity index (χ3v) is 3.51. The van der Waals surface area contributed by atoms with Crippen LogP contribution in [0, 0.1) is 0 Å². The van der Waals surface area contributed by atoms with E-state index in [0.717, 1.165) is 5.56 Å². The van der Waals surface area contributed by atoms with Gasteiger partial charge in [0.15, 0.2) is 0 Å². The highest BCUT2D eigenvalue weighted by Gasteiger charge is 2.14. The van der Waals surface area contributed by atoms with E-state index in [4.69, 9.17) is 0 Å². The van der Waals surface area contributed by atoms with Crippen molar-refractivity contribution in [2.45, 2.75) is 6.42 Å². The molecular formula is C15H14BrN3O2. The summed E-state index contributed by atoms with van der Waals surface area (Å²) in [5, 5.41) is 5.35. The topological polar surface area (TPSA) is 71.1 Å². The van der Waals surface area contributed by atoms with E-state index in [1.165, 1.54) is 0 Å². The number of amides is 2. The molecule has 5 nitrogen and oxygen atoms in total. The highest BCUT2D eigenvalue weighted by molar-refractivity contribution is 9.10. The fraction of sp³-hybridized carbons (Fsp3) is 0.133. The number of pyridine rings is 1.